The van der Waals surface area contributed by atoms with Crippen molar-refractivity contribution < 1.29 is 18.0 Å². The molecule has 1 N–H and O–H groups in total. The standard InChI is InChI=1S/C30H36BrN3O4S/c1-22(2)19-32-30(36)28(18-24-12-6-5-7-13-24)33(20-25-14-10-15-26(31)17-25)29(35)21-34(39(4,37)38)27-16-9-8-11-23(27)3/h5-17,22,28H,18-21H2,1-4H3,(H,32,36). The molecule has 0 fully saturated rings. The molecule has 3 aromatic carbocycles. The number of hydrogen-bond donors (Lipinski definition) is 1. The van der Waals surface area contributed by atoms with E-state index in [1.807, 2.05) is 74.5 Å². The average molecular weight is 615 g/mol. The number of aryl methyl sites for hydroxylation is 1. The number of carbonyl (C=O) groups excluding carboxylic acids is 2. The van der Waals surface area contributed by atoms with Crippen LogP contribution in [-0.2, 0) is 32.6 Å². The molecule has 1 unspecified atom stereocenters. The fourth-order valence-corrected chi connectivity index (χ4v) is 5.60. The Morgan fingerprint density at radius 3 is 2.18 bits per heavy atom. The Bertz CT molecular complexity index is 1380. The first-order valence-electron chi connectivity index (χ1n) is 12.8. The third-order valence-corrected chi connectivity index (χ3v) is 7.88. The van der Waals surface area contributed by atoms with E-state index in [9.17, 15) is 18.0 Å². The molecule has 208 valence electrons. The van der Waals surface area contributed by atoms with Gasteiger partial charge in [-0.3, -0.25) is 13.9 Å². The van der Waals surface area contributed by atoms with Crippen molar-refractivity contribution in [3.8, 4) is 0 Å². The van der Waals surface area contributed by atoms with Crippen LogP contribution in [0.15, 0.2) is 83.3 Å². The molecule has 39 heavy (non-hydrogen) atoms. The summed E-state index contributed by atoms with van der Waals surface area (Å²) in [4.78, 5) is 29.2. The molecule has 0 bridgehead atoms. The number of halogens is 1. The molecular weight excluding hydrogens is 578 g/mol. The highest BCUT2D eigenvalue weighted by molar-refractivity contribution is 9.10. The van der Waals surface area contributed by atoms with Gasteiger partial charge in [-0.2, -0.15) is 0 Å². The number of nitrogens with zero attached hydrogens (tertiary/aromatic N) is 2. The summed E-state index contributed by atoms with van der Waals surface area (Å²) < 4.78 is 27.7. The Morgan fingerprint density at radius 1 is 0.923 bits per heavy atom. The van der Waals surface area contributed by atoms with Gasteiger partial charge in [-0.15, -0.1) is 0 Å². The van der Waals surface area contributed by atoms with Crippen molar-refractivity contribution in [3.63, 3.8) is 0 Å². The highest BCUT2D eigenvalue weighted by atomic mass is 79.9. The van der Waals surface area contributed by atoms with Gasteiger partial charge in [0.1, 0.15) is 12.6 Å². The number of para-hydroxylation sites is 1. The molecule has 3 aromatic rings. The number of carbonyl (C=O) groups is 2. The van der Waals surface area contributed by atoms with E-state index in [1.165, 1.54) is 4.90 Å². The number of rotatable bonds is 12. The Morgan fingerprint density at radius 2 is 1.56 bits per heavy atom. The first kappa shape index (κ1) is 30.4. The first-order chi connectivity index (χ1) is 18.5. The average Bonchev–Trinajstić information content (AvgIpc) is 2.88. The van der Waals surface area contributed by atoms with Gasteiger partial charge in [0.15, 0.2) is 0 Å². The molecule has 0 spiro atoms. The van der Waals surface area contributed by atoms with Crippen molar-refractivity contribution in [3.05, 3.63) is 100 Å². The van der Waals surface area contributed by atoms with Gasteiger partial charge >= 0.3 is 0 Å². The molecule has 2 amide bonds. The third kappa shape index (κ3) is 8.93. The highest BCUT2D eigenvalue weighted by Gasteiger charge is 2.33. The maximum absolute atomic E-state index is 14.1. The van der Waals surface area contributed by atoms with E-state index < -0.39 is 28.5 Å². The number of sulfonamides is 1. The van der Waals surface area contributed by atoms with E-state index >= 15 is 0 Å². The summed E-state index contributed by atoms with van der Waals surface area (Å²) in [6, 6.07) is 23.2. The molecule has 0 aromatic heterocycles. The van der Waals surface area contributed by atoms with Crippen LogP contribution in [0.2, 0.25) is 0 Å². The second kappa shape index (κ2) is 13.8. The molecule has 0 radical (unpaired) electrons. The molecule has 7 nitrogen and oxygen atoms in total. The minimum absolute atomic E-state index is 0.135. The zero-order valence-corrected chi connectivity index (χ0v) is 25.2. The van der Waals surface area contributed by atoms with E-state index in [0.717, 1.165) is 31.7 Å². The molecule has 0 heterocycles. The van der Waals surface area contributed by atoms with Crippen LogP contribution in [0.5, 0.6) is 0 Å². The fourth-order valence-electron chi connectivity index (χ4n) is 4.25. The van der Waals surface area contributed by atoms with Crippen molar-refractivity contribution in [2.75, 3.05) is 23.7 Å². The van der Waals surface area contributed by atoms with Gasteiger partial charge in [-0.1, -0.05) is 90.4 Å². The highest BCUT2D eigenvalue weighted by Crippen LogP contribution is 2.24. The van der Waals surface area contributed by atoms with Crippen molar-refractivity contribution >= 4 is 43.5 Å². The Labute approximate surface area is 240 Å². The topological polar surface area (TPSA) is 86.8 Å². The lowest BCUT2D eigenvalue weighted by Crippen LogP contribution is -2.53. The predicted molar refractivity (Wildman–Crippen MR) is 160 cm³/mol. The van der Waals surface area contributed by atoms with Crippen LogP contribution in [0.1, 0.15) is 30.5 Å². The van der Waals surface area contributed by atoms with Crippen molar-refractivity contribution in [1.82, 2.24) is 10.2 Å². The lowest BCUT2D eigenvalue weighted by molar-refractivity contribution is -0.140. The zero-order chi connectivity index (χ0) is 28.6. The Hall–Kier alpha value is -3.17. The molecule has 0 aliphatic heterocycles. The molecule has 1 atom stereocenters. The SMILES string of the molecule is Cc1ccccc1N(CC(=O)N(Cc1cccc(Br)c1)C(Cc1ccccc1)C(=O)NCC(C)C)S(C)(=O)=O. The second-order valence-electron chi connectivity index (χ2n) is 10.1. The van der Waals surface area contributed by atoms with Crippen LogP contribution in [-0.4, -0.2) is 50.5 Å². The maximum atomic E-state index is 14.1. The van der Waals surface area contributed by atoms with E-state index in [1.54, 1.807) is 25.1 Å². The summed E-state index contributed by atoms with van der Waals surface area (Å²) in [5.74, 6) is -0.524. The van der Waals surface area contributed by atoms with Gasteiger partial charge in [0.2, 0.25) is 21.8 Å². The van der Waals surface area contributed by atoms with Crippen LogP contribution in [0.3, 0.4) is 0 Å². The third-order valence-electron chi connectivity index (χ3n) is 6.26. The molecule has 0 saturated carbocycles. The van der Waals surface area contributed by atoms with Crippen LogP contribution < -0.4 is 9.62 Å². The molecule has 9 heteroatoms. The van der Waals surface area contributed by atoms with Gasteiger partial charge < -0.3 is 10.2 Å². The summed E-state index contributed by atoms with van der Waals surface area (Å²) in [6.45, 7) is 5.97. The van der Waals surface area contributed by atoms with Gasteiger partial charge in [0.25, 0.3) is 0 Å². The Balaban J connectivity index is 2.05. The minimum Gasteiger partial charge on any atom is -0.354 e. The van der Waals surface area contributed by atoms with E-state index in [0.29, 0.717) is 12.2 Å². The Kier molecular flexibility index (Phi) is 10.7. The second-order valence-corrected chi connectivity index (χ2v) is 12.9. The summed E-state index contributed by atoms with van der Waals surface area (Å²) in [6.07, 6.45) is 1.37. The number of hydrogen-bond acceptors (Lipinski definition) is 4. The number of benzene rings is 3. The van der Waals surface area contributed by atoms with E-state index in [-0.39, 0.29) is 24.8 Å². The van der Waals surface area contributed by atoms with Gasteiger partial charge in [0, 0.05) is 24.0 Å². The molecular formula is C30H36BrN3O4S. The van der Waals surface area contributed by atoms with Crippen LogP contribution in [0.4, 0.5) is 5.69 Å². The van der Waals surface area contributed by atoms with E-state index in [4.69, 9.17) is 0 Å². The van der Waals surface area contributed by atoms with Crippen LogP contribution in [0, 0.1) is 12.8 Å². The monoisotopic (exact) mass is 613 g/mol. The van der Waals surface area contributed by atoms with Crippen LogP contribution >= 0.6 is 15.9 Å². The number of nitrogens with one attached hydrogen (secondary N) is 1. The van der Waals surface area contributed by atoms with Gasteiger partial charge in [-0.05, 0) is 47.7 Å². The number of anilines is 1. The van der Waals surface area contributed by atoms with E-state index in [2.05, 4.69) is 21.2 Å². The molecule has 0 saturated heterocycles. The summed E-state index contributed by atoms with van der Waals surface area (Å²) in [5.41, 5.74) is 2.87. The minimum atomic E-state index is -3.80. The predicted octanol–water partition coefficient (Wildman–Crippen LogP) is 4.94. The first-order valence-corrected chi connectivity index (χ1v) is 15.5. The number of amides is 2. The van der Waals surface area contributed by atoms with Gasteiger partial charge in [-0.25, -0.2) is 8.42 Å². The summed E-state index contributed by atoms with van der Waals surface area (Å²) >= 11 is 3.48. The molecule has 0 aliphatic rings. The fraction of sp³-hybridized carbons (Fsp3) is 0.333. The van der Waals surface area contributed by atoms with Crippen molar-refractivity contribution in [2.24, 2.45) is 5.92 Å². The molecule has 0 aliphatic carbocycles. The maximum Gasteiger partial charge on any atom is 0.244 e. The quantitative estimate of drug-likeness (QED) is 0.314. The van der Waals surface area contributed by atoms with Crippen molar-refractivity contribution in [1.29, 1.82) is 0 Å². The molecule has 3 rings (SSSR count). The van der Waals surface area contributed by atoms with Crippen LogP contribution in [0.25, 0.3) is 0 Å². The summed E-state index contributed by atoms with van der Waals surface area (Å²) in [5, 5.41) is 2.99. The lowest BCUT2D eigenvalue weighted by Gasteiger charge is -2.34. The summed E-state index contributed by atoms with van der Waals surface area (Å²) in [7, 11) is -3.80. The van der Waals surface area contributed by atoms with Crippen molar-refractivity contribution in [2.45, 2.75) is 39.8 Å². The van der Waals surface area contributed by atoms with Gasteiger partial charge in [0.05, 0.1) is 11.9 Å². The zero-order valence-electron chi connectivity index (χ0n) is 22.8. The lowest BCUT2D eigenvalue weighted by atomic mass is 10.0. The largest absolute Gasteiger partial charge is 0.354 e. The smallest absolute Gasteiger partial charge is 0.244 e. The normalized spacial score (nSPS) is 12.2.